The second-order valence-corrected chi connectivity index (χ2v) is 4.85. The first-order chi connectivity index (χ1) is 7.72. The quantitative estimate of drug-likeness (QED) is 0.857. The van der Waals surface area contributed by atoms with E-state index in [2.05, 4.69) is 23.7 Å². The molecule has 0 bridgehead atoms. The molecule has 0 aliphatic carbocycles. The molecule has 0 amide bonds. The predicted octanol–water partition coefficient (Wildman–Crippen LogP) is 3.58. The summed E-state index contributed by atoms with van der Waals surface area (Å²) in [5, 5.41) is 5.04. The van der Waals surface area contributed by atoms with E-state index in [1.807, 2.05) is 19.2 Å². The van der Waals surface area contributed by atoms with Gasteiger partial charge in [-0.15, -0.1) is 11.3 Å². The van der Waals surface area contributed by atoms with Crippen LogP contribution < -0.4 is 5.32 Å². The Kier molecular flexibility index (Phi) is 3.36. The van der Waals surface area contributed by atoms with Crippen molar-refractivity contribution in [3.05, 3.63) is 45.9 Å². The van der Waals surface area contributed by atoms with Crippen LogP contribution >= 0.6 is 11.3 Å². The molecule has 2 aromatic rings. The van der Waals surface area contributed by atoms with Crippen LogP contribution in [0.2, 0.25) is 0 Å². The Hall–Kier alpha value is -1.19. The fourth-order valence-corrected chi connectivity index (χ4v) is 2.47. The fourth-order valence-electron chi connectivity index (χ4n) is 1.75. The van der Waals surface area contributed by atoms with Crippen molar-refractivity contribution in [1.82, 2.24) is 5.32 Å². The number of nitrogens with one attached hydrogen (secondary N) is 1. The lowest BCUT2D eigenvalue weighted by Gasteiger charge is -2.06. The Labute approximate surface area is 98.9 Å². The van der Waals surface area contributed by atoms with Crippen LogP contribution in [0.4, 0.5) is 4.39 Å². The molecule has 2 rings (SSSR count). The molecule has 16 heavy (non-hydrogen) atoms. The van der Waals surface area contributed by atoms with Gasteiger partial charge in [0.1, 0.15) is 5.82 Å². The van der Waals surface area contributed by atoms with Gasteiger partial charge in [0.05, 0.1) is 0 Å². The summed E-state index contributed by atoms with van der Waals surface area (Å²) in [6, 6.07) is 7.37. The highest BCUT2D eigenvalue weighted by Crippen LogP contribution is 2.28. The van der Waals surface area contributed by atoms with E-state index in [1.165, 1.54) is 10.4 Å². The largest absolute Gasteiger partial charge is 0.316 e. The molecular formula is C13H14FNS. The van der Waals surface area contributed by atoms with Gasteiger partial charge in [0.2, 0.25) is 0 Å². The predicted molar refractivity (Wildman–Crippen MR) is 67.2 cm³/mol. The number of thiophene rings is 1. The van der Waals surface area contributed by atoms with Gasteiger partial charge in [-0.05, 0) is 48.7 Å². The van der Waals surface area contributed by atoms with Gasteiger partial charge in [-0.2, -0.15) is 0 Å². The molecule has 1 nitrogen and oxygen atoms in total. The van der Waals surface area contributed by atoms with Crippen LogP contribution in [0.5, 0.6) is 0 Å². The molecule has 84 valence electrons. The maximum atomic E-state index is 13.5. The number of rotatable bonds is 3. The molecule has 0 atom stereocenters. The topological polar surface area (TPSA) is 12.0 Å². The van der Waals surface area contributed by atoms with Crippen LogP contribution in [0.3, 0.4) is 0 Å². The average molecular weight is 235 g/mol. The van der Waals surface area contributed by atoms with E-state index in [4.69, 9.17) is 0 Å². The molecule has 0 fully saturated rings. The van der Waals surface area contributed by atoms with E-state index < -0.39 is 0 Å². The summed E-state index contributed by atoms with van der Waals surface area (Å²) in [6.07, 6.45) is 0. The zero-order valence-electron chi connectivity index (χ0n) is 9.38. The van der Waals surface area contributed by atoms with Crippen LogP contribution in [0.15, 0.2) is 29.6 Å². The van der Waals surface area contributed by atoms with Crippen LogP contribution in [-0.4, -0.2) is 7.05 Å². The SMILES string of the molecule is CNCc1cc(-c2ccsc2C)ccc1F. The normalized spacial score (nSPS) is 10.7. The Morgan fingerprint density at radius 2 is 2.12 bits per heavy atom. The Morgan fingerprint density at radius 1 is 1.31 bits per heavy atom. The molecule has 1 N–H and O–H groups in total. The van der Waals surface area contributed by atoms with Gasteiger partial charge in [0.15, 0.2) is 0 Å². The number of aryl methyl sites for hydroxylation is 1. The summed E-state index contributed by atoms with van der Waals surface area (Å²) in [6.45, 7) is 2.64. The van der Waals surface area contributed by atoms with Gasteiger partial charge in [-0.3, -0.25) is 0 Å². The van der Waals surface area contributed by atoms with Crippen molar-refractivity contribution in [3.63, 3.8) is 0 Å². The molecule has 0 spiro atoms. The highest BCUT2D eigenvalue weighted by Gasteiger charge is 2.07. The van der Waals surface area contributed by atoms with Crippen molar-refractivity contribution in [2.24, 2.45) is 0 Å². The third-order valence-electron chi connectivity index (χ3n) is 2.58. The summed E-state index contributed by atoms with van der Waals surface area (Å²) in [5.41, 5.74) is 3.00. The summed E-state index contributed by atoms with van der Waals surface area (Å²) in [7, 11) is 1.82. The van der Waals surface area contributed by atoms with E-state index in [0.717, 1.165) is 5.56 Å². The van der Waals surface area contributed by atoms with Crippen molar-refractivity contribution in [2.45, 2.75) is 13.5 Å². The lowest BCUT2D eigenvalue weighted by atomic mass is 10.0. The third kappa shape index (κ3) is 2.15. The molecule has 0 aliphatic rings. The Morgan fingerprint density at radius 3 is 2.75 bits per heavy atom. The number of benzene rings is 1. The van der Waals surface area contributed by atoms with Crippen molar-refractivity contribution in [1.29, 1.82) is 0 Å². The number of hydrogen-bond donors (Lipinski definition) is 1. The van der Waals surface area contributed by atoms with Crippen LogP contribution in [-0.2, 0) is 6.54 Å². The van der Waals surface area contributed by atoms with Crippen molar-refractivity contribution >= 4 is 11.3 Å². The number of halogens is 1. The average Bonchev–Trinajstić information content (AvgIpc) is 2.68. The van der Waals surface area contributed by atoms with Gasteiger partial charge in [-0.1, -0.05) is 6.07 Å². The molecule has 1 heterocycles. The van der Waals surface area contributed by atoms with E-state index in [1.54, 1.807) is 17.4 Å². The first kappa shape index (κ1) is 11.3. The molecule has 0 radical (unpaired) electrons. The van der Waals surface area contributed by atoms with Gasteiger partial charge in [-0.25, -0.2) is 4.39 Å². The highest BCUT2D eigenvalue weighted by atomic mass is 32.1. The summed E-state index contributed by atoms with van der Waals surface area (Å²) in [5.74, 6) is -0.147. The second kappa shape index (κ2) is 4.76. The number of hydrogen-bond acceptors (Lipinski definition) is 2. The van der Waals surface area contributed by atoms with E-state index in [0.29, 0.717) is 12.1 Å². The highest BCUT2D eigenvalue weighted by molar-refractivity contribution is 7.10. The summed E-state index contributed by atoms with van der Waals surface area (Å²) >= 11 is 1.71. The lowest BCUT2D eigenvalue weighted by Crippen LogP contribution is -2.07. The van der Waals surface area contributed by atoms with Gasteiger partial charge in [0, 0.05) is 17.0 Å². The Bertz CT molecular complexity index is 490. The maximum Gasteiger partial charge on any atom is 0.127 e. The summed E-state index contributed by atoms with van der Waals surface area (Å²) < 4.78 is 13.5. The second-order valence-electron chi connectivity index (χ2n) is 3.73. The lowest BCUT2D eigenvalue weighted by molar-refractivity contribution is 0.601. The van der Waals surface area contributed by atoms with Gasteiger partial charge < -0.3 is 5.32 Å². The minimum Gasteiger partial charge on any atom is -0.316 e. The first-order valence-electron chi connectivity index (χ1n) is 5.20. The van der Waals surface area contributed by atoms with Crippen molar-refractivity contribution in [2.75, 3.05) is 7.05 Å². The molecule has 1 aromatic heterocycles. The molecular weight excluding hydrogens is 221 g/mol. The minimum atomic E-state index is -0.147. The monoisotopic (exact) mass is 235 g/mol. The molecule has 1 aromatic carbocycles. The Balaban J connectivity index is 2.43. The smallest absolute Gasteiger partial charge is 0.127 e. The molecule has 0 unspecified atom stereocenters. The zero-order chi connectivity index (χ0) is 11.5. The van der Waals surface area contributed by atoms with Crippen molar-refractivity contribution in [3.8, 4) is 11.1 Å². The molecule has 0 saturated heterocycles. The molecule has 0 saturated carbocycles. The fraction of sp³-hybridized carbons (Fsp3) is 0.231. The van der Waals surface area contributed by atoms with Crippen LogP contribution in [0.25, 0.3) is 11.1 Å². The minimum absolute atomic E-state index is 0.147. The molecule has 0 aliphatic heterocycles. The van der Waals surface area contributed by atoms with E-state index in [-0.39, 0.29) is 5.82 Å². The standard InChI is InChI=1S/C13H14FNS/c1-9-12(5-6-16-9)10-3-4-13(14)11(7-10)8-15-2/h3-7,15H,8H2,1-2H3. The zero-order valence-corrected chi connectivity index (χ0v) is 10.2. The van der Waals surface area contributed by atoms with Gasteiger partial charge >= 0.3 is 0 Å². The van der Waals surface area contributed by atoms with E-state index >= 15 is 0 Å². The van der Waals surface area contributed by atoms with Crippen molar-refractivity contribution < 1.29 is 4.39 Å². The maximum absolute atomic E-state index is 13.5. The summed E-state index contributed by atoms with van der Waals surface area (Å²) in [4.78, 5) is 1.27. The van der Waals surface area contributed by atoms with Crippen LogP contribution in [0.1, 0.15) is 10.4 Å². The van der Waals surface area contributed by atoms with E-state index in [9.17, 15) is 4.39 Å². The third-order valence-corrected chi connectivity index (χ3v) is 3.43. The van der Waals surface area contributed by atoms with Gasteiger partial charge in [0.25, 0.3) is 0 Å². The van der Waals surface area contributed by atoms with Crippen LogP contribution in [0, 0.1) is 12.7 Å². The molecule has 3 heteroatoms. The first-order valence-corrected chi connectivity index (χ1v) is 6.08.